The van der Waals surface area contributed by atoms with Crippen LogP contribution in [0.2, 0.25) is 5.02 Å². The van der Waals surface area contributed by atoms with E-state index in [2.05, 4.69) is 22.8 Å². The minimum atomic E-state index is -0.501. The lowest BCUT2D eigenvalue weighted by molar-refractivity contribution is 0.0255. The Morgan fingerprint density at radius 1 is 1.21 bits per heavy atom. The number of nitrogens with two attached hydrogens (primary N) is 1. The Morgan fingerprint density at radius 2 is 2.06 bits per heavy atom. The number of ether oxygens (including phenoxy) is 1. The summed E-state index contributed by atoms with van der Waals surface area (Å²) in [5.41, 5.74) is 9.05. The van der Waals surface area contributed by atoms with Gasteiger partial charge in [0.2, 0.25) is 5.91 Å². The highest BCUT2D eigenvalue weighted by molar-refractivity contribution is 6.34. The molecule has 5 nitrogen and oxygen atoms in total. The molecule has 1 saturated heterocycles. The zero-order valence-electron chi connectivity index (χ0n) is 19.3. The van der Waals surface area contributed by atoms with Crippen LogP contribution in [-0.2, 0) is 11.2 Å². The highest BCUT2D eigenvalue weighted by Gasteiger charge is 2.28. The van der Waals surface area contributed by atoms with E-state index < -0.39 is 5.91 Å². The van der Waals surface area contributed by atoms with Crippen LogP contribution in [0, 0.1) is 5.82 Å². The Labute approximate surface area is 204 Å². The minimum Gasteiger partial charge on any atom is -0.373 e. The van der Waals surface area contributed by atoms with E-state index in [0.717, 1.165) is 60.2 Å². The molecule has 0 aromatic heterocycles. The standard InChI is InChI=1S/C27H29ClFN3O2/c1-17-16-32(24-4-2-3-18-15-19(29)5-6-20(18)24)13-12-31(17)11-9-25-21-7-8-23(27(30)33)26(28)22(21)10-14-34-25/h2-8,15,17,25H,9-14,16H2,1H3,(H2,30,33)/t17-,25+/m1/s1. The average Bonchev–Trinajstić information content (AvgIpc) is 2.83. The molecular formula is C27H29ClFN3O2. The Kier molecular flexibility index (Phi) is 6.47. The highest BCUT2D eigenvalue weighted by Crippen LogP contribution is 2.36. The molecule has 0 bridgehead atoms. The molecule has 2 N–H and O–H groups in total. The minimum absolute atomic E-state index is 0.0404. The van der Waals surface area contributed by atoms with Gasteiger partial charge in [-0.1, -0.05) is 29.8 Å². The van der Waals surface area contributed by atoms with Crippen LogP contribution in [0.1, 0.15) is 40.9 Å². The number of fused-ring (bicyclic) bond motifs is 2. The fourth-order valence-corrected chi connectivity index (χ4v) is 5.72. The first kappa shape index (κ1) is 23.1. The molecule has 5 rings (SSSR count). The summed E-state index contributed by atoms with van der Waals surface area (Å²) in [5, 5.41) is 2.48. The number of hydrogen-bond acceptors (Lipinski definition) is 4. The molecular weight excluding hydrogens is 453 g/mol. The molecule has 7 heteroatoms. The van der Waals surface area contributed by atoms with E-state index in [-0.39, 0.29) is 11.9 Å². The fourth-order valence-electron chi connectivity index (χ4n) is 5.36. The monoisotopic (exact) mass is 481 g/mol. The average molecular weight is 482 g/mol. The third-order valence-electron chi connectivity index (χ3n) is 7.17. The summed E-state index contributed by atoms with van der Waals surface area (Å²) in [4.78, 5) is 16.6. The number of benzene rings is 3. The topological polar surface area (TPSA) is 58.8 Å². The van der Waals surface area contributed by atoms with Crippen LogP contribution in [0.15, 0.2) is 48.5 Å². The van der Waals surface area contributed by atoms with Crippen molar-refractivity contribution in [1.82, 2.24) is 4.90 Å². The quantitative estimate of drug-likeness (QED) is 0.560. The van der Waals surface area contributed by atoms with Crippen LogP contribution >= 0.6 is 11.6 Å². The Balaban J connectivity index is 1.26. The van der Waals surface area contributed by atoms with Crippen molar-refractivity contribution >= 4 is 34.0 Å². The second-order valence-corrected chi connectivity index (χ2v) is 9.61. The molecule has 0 spiro atoms. The van der Waals surface area contributed by atoms with E-state index in [1.807, 2.05) is 24.3 Å². The Bertz CT molecular complexity index is 1230. The second-order valence-electron chi connectivity index (χ2n) is 9.23. The van der Waals surface area contributed by atoms with Crippen molar-refractivity contribution in [3.8, 4) is 0 Å². The van der Waals surface area contributed by atoms with Crippen LogP contribution < -0.4 is 10.6 Å². The second kappa shape index (κ2) is 9.53. The lowest BCUT2D eigenvalue weighted by atomic mass is 9.93. The maximum atomic E-state index is 13.7. The van der Waals surface area contributed by atoms with Crippen LogP contribution in [0.3, 0.4) is 0 Å². The maximum absolute atomic E-state index is 13.7. The Morgan fingerprint density at radius 3 is 2.85 bits per heavy atom. The molecule has 2 atom stereocenters. The van der Waals surface area contributed by atoms with Crippen molar-refractivity contribution in [2.75, 3.05) is 37.7 Å². The smallest absolute Gasteiger partial charge is 0.250 e. The van der Waals surface area contributed by atoms with Crippen LogP contribution in [0.4, 0.5) is 10.1 Å². The lowest BCUT2D eigenvalue weighted by Crippen LogP contribution is -2.52. The van der Waals surface area contributed by atoms with Gasteiger partial charge in [-0.05, 0) is 66.6 Å². The molecule has 0 saturated carbocycles. The number of nitrogens with zero attached hydrogens (tertiary/aromatic N) is 2. The van der Waals surface area contributed by atoms with E-state index in [0.29, 0.717) is 29.7 Å². The highest BCUT2D eigenvalue weighted by atomic mass is 35.5. The summed E-state index contributed by atoms with van der Waals surface area (Å²) >= 11 is 6.49. The summed E-state index contributed by atoms with van der Waals surface area (Å²) in [5.74, 6) is -0.708. The SMILES string of the molecule is C[C@@H]1CN(c2cccc3cc(F)ccc23)CCN1CC[C@@H]1OCCc2c1ccc(C(N)=O)c2Cl. The number of piperazine rings is 1. The zero-order valence-corrected chi connectivity index (χ0v) is 20.0. The first-order valence-electron chi connectivity index (χ1n) is 11.8. The molecule has 178 valence electrons. The molecule has 2 aliphatic rings. The third-order valence-corrected chi connectivity index (χ3v) is 7.60. The number of carbonyl (C=O) groups excluding carboxylic acids is 1. The summed E-state index contributed by atoms with van der Waals surface area (Å²) in [6.07, 6.45) is 1.51. The van der Waals surface area contributed by atoms with Crippen molar-refractivity contribution in [1.29, 1.82) is 0 Å². The maximum Gasteiger partial charge on any atom is 0.250 e. The van der Waals surface area contributed by atoms with Crippen molar-refractivity contribution in [2.45, 2.75) is 31.9 Å². The van der Waals surface area contributed by atoms with Gasteiger partial charge in [0.05, 0.1) is 23.3 Å². The third kappa shape index (κ3) is 4.38. The Hall–Kier alpha value is -2.67. The van der Waals surface area contributed by atoms with Crippen molar-refractivity contribution < 1.29 is 13.9 Å². The molecule has 0 unspecified atom stereocenters. The number of carbonyl (C=O) groups is 1. The number of amides is 1. The van der Waals surface area contributed by atoms with E-state index >= 15 is 0 Å². The summed E-state index contributed by atoms with van der Waals surface area (Å²) in [6, 6.07) is 15.1. The molecule has 1 amide bonds. The molecule has 0 aliphatic carbocycles. The largest absolute Gasteiger partial charge is 0.373 e. The molecule has 3 aromatic carbocycles. The van der Waals surface area contributed by atoms with Gasteiger partial charge in [-0.25, -0.2) is 4.39 Å². The van der Waals surface area contributed by atoms with Crippen molar-refractivity contribution in [2.24, 2.45) is 5.73 Å². The van der Waals surface area contributed by atoms with Gasteiger partial charge < -0.3 is 15.4 Å². The van der Waals surface area contributed by atoms with Crippen LogP contribution in [-0.4, -0.2) is 49.6 Å². The predicted octanol–water partition coefficient (Wildman–Crippen LogP) is 4.95. The van der Waals surface area contributed by atoms with Crippen LogP contribution in [0.25, 0.3) is 10.8 Å². The molecule has 1 fully saturated rings. The van der Waals surface area contributed by atoms with E-state index in [1.165, 1.54) is 6.07 Å². The van der Waals surface area contributed by atoms with E-state index in [4.69, 9.17) is 22.1 Å². The van der Waals surface area contributed by atoms with Gasteiger partial charge in [0, 0.05) is 43.3 Å². The van der Waals surface area contributed by atoms with Crippen LogP contribution in [0.5, 0.6) is 0 Å². The molecule has 0 radical (unpaired) electrons. The normalized spacial score (nSPS) is 21.0. The van der Waals surface area contributed by atoms with Gasteiger partial charge in [-0.3, -0.25) is 9.69 Å². The van der Waals surface area contributed by atoms with Gasteiger partial charge in [-0.2, -0.15) is 0 Å². The summed E-state index contributed by atoms with van der Waals surface area (Å²) in [6.45, 7) is 6.52. The number of anilines is 1. The van der Waals surface area contributed by atoms with Gasteiger partial charge in [-0.15, -0.1) is 0 Å². The summed E-state index contributed by atoms with van der Waals surface area (Å²) in [7, 11) is 0. The van der Waals surface area contributed by atoms with Gasteiger partial charge >= 0.3 is 0 Å². The molecule has 2 heterocycles. The zero-order chi connectivity index (χ0) is 23.8. The molecule has 2 aliphatic heterocycles. The number of rotatable bonds is 5. The number of primary amides is 1. The lowest BCUT2D eigenvalue weighted by Gasteiger charge is -2.42. The number of hydrogen-bond donors (Lipinski definition) is 1. The van der Waals surface area contributed by atoms with Gasteiger partial charge in [0.1, 0.15) is 5.82 Å². The van der Waals surface area contributed by atoms with Crippen molar-refractivity contribution in [3.05, 3.63) is 76.1 Å². The van der Waals surface area contributed by atoms with Gasteiger partial charge in [0.25, 0.3) is 0 Å². The van der Waals surface area contributed by atoms with E-state index in [9.17, 15) is 9.18 Å². The first-order valence-corrected chi connectivity index (χ1v) is 12.2. The predicted molar refractivity (Wildman–Crippen MR) is 134 cm³/mol. The van der Waals surface area contributed by atoms with E-state index in [1.54, 1.807) is 12.1 Å². The first-order chi connectivity index (χ1) is 16.4. The van der Waals surface area contributed by atoms with Gasteiger partial charge in [0.15, 0.2) is 0 Å². The molecule has 3 aromatic rings. The fraction of sp³-hybridized carbons (Fsp3) is 0.370. The molecule has 34 heavy (non-hydrogen) atoms. The number of halogens is 2. The van der Waals surface area contributed by atoms with Crippen molar-refractivity contribution in [3.63, 3.8) is 0 Å². The summed E-state index contributed by atoms with van der Waals surface area (Å²) < 4.78 is 19.8.